The maximum absolute atomic E-state index is 12.0. The monoisotopic (exact) mass is 328 g/mol. The fourth-order valence-electron chi connectivity index (χ4n) is 3.15. The molecule has 0 aromatic carbocycles. The fourth-order valence-corrected chi connectivity index (χ4v) is 3.15. The summed E-state index contributed by atoms with van der Waals surface area (Å²) in [5, 5.41) is 19.4. The third kappa shape index (κ3) is 6.92. The number of hydrogen-bond acceptors (Lipinski definition) is 2. The molecule has 0 radical (unpaired) electrons. The summed E-state index contributed by atoms with van der Waals surface area (Å²) >= 11 is 0. The molecule has 0 aromatic heterocycles. The molecule has 136 valence electrons. The highest BCUT2D eigenvalue weighted by Crippen LogP contribution is 2.41. The lowest BCUT2D eigenvalue weighted by Crippen LogP contribution is -2.35. The number of hydrogen-bond donors (Lipinski definition) is 2. The van der Waals surface area contributed by atoms with Gasteiger partial charge in [-0.05, 0) is 39.0 Å². The summed E-state index contributed by atoms with van der Waals surface area (Å²) in [6.07, 6.45) is 8.37. The van der Waals surface area contributed by atoms with Gasteiger partial charge in [0, 0.05) is 0 Å². The molecule has 0 amide bonds. The normalized spacial score (nSPS) is 14.4. The third-order valence-electron chi connectivity index (χ3n) is 5.23. The lowest BCUT2D eigenvalue weighted by Gasteiger charge is -2.34. The zero-order chi connectivity index (χ0) is 17.9. The maximum Gasteiger partial charge on any atom is 0.309 e. The highest BCUT2D eigenvalue weighted by Gasteiger charge is 2.41. The van der Waals surface area contributed by atoms with Crippen molar-refractivity contribution in [1.82, 2.24) is 0 Å². The number of carboxylic acids is 2. The Kier molecular flexibility index (Phi) is 10.2. The van der Waals surface area contributed by atoms with Gasteiger partial charge >= 0.3 is 11.9 Å². The molecular weight excluding hydrogens is 292 g/mol. The topological polar surface area (TPSA) is 74.6 Å². The zero-order valence-electron chi connectivity index (χ0n) is 15.5. The number of carboxylic acid groups (broad SMARTS) is 2. The minimum absolute atomic E-state index is 0.446. The molecule has 0 aliphatic heterocycles. The minimum Gasteiger partial charge on any atom is -0.481 e. The Labute approximate surface area is 141 Å². The molecule has 2 N–H and O–H groups in total. The summed E-state index contributed by atoms with van der Waals surface area (Å²) in [5.74, 6) is -1.54. The smallest absolute Gasteiger partial charge is 0.309 e. The molecule has 0 aromatic rings. The first-order chi connectivity index (χ1) is 10.8. The lowest BCUT2D eigenvalue weighted by molar-refractivity contribution is -0.155. The summed E-state index contributed by atoms with van der Waals surface area (Å²) in [7, 11) is 0. The Morgan fingerprint density at radius 2 is 1.13 bits per heavy atom. The van der Waals surface area contributed by atoms with Crippen LogP contribution < -0.4 is 0 Å². The van der Waals surface area contributed by atoms with Crippen LogP contribution >= 0.6 is 0 Å². The summed E-state index contributed by atoms with van der Waals surface area (Å²) in [6.45, 7) is 7.95. The van der Waals surface area contributed by atoms with E-state index in [0.717, 1.165) is 38.5 Å². The van der Waals surface area contributed by atoms with Gasteiger partial charge in [0.05, 0.1) is 10.8 Å². The summed E-state index contributed by atoms with van der Waals surface area (Å²) in [5.41, 5.74) is -1.57. The van der Waals surface area contributed by atoms with E-state index in [4.69, 9.17) is 0 Å². The number of unbranched alkanes of at least 4 members (excludes halogenated alkanes) is 3. The third-order valence-corrected chi connectivity index (χ3v) is 5.23. The molecule has 0 heterocycles. The molecule has 0 saturated carbocycles. The second-order valence-electron chi connectivity index (χ2n) is 7.26. The van der Waals surface area contributed by atoms with Crippen molar-refractivity contribution < 1.29 is 19.8 Å². The zero-order valence-corrected chi connectivity index (χ0v) is 15.5. The van der Waals surface area contributed by atoms with Crippen LogP contribution in [0.3, 0.4) is 0 Å². The molecule has 4 heteroatoms. The minimum atomic E-state index is -0.810. The van der Waals surface area contributed by atoms with Crippen LogP contribution in [-0.2, 0) is 9.59 Å². The number of rotatable bonds is 14. The Morgan fingerprint density at radius 1 is 0.696 bits per heavy atom. The Bertz CT molecular complexity index is 356. The first-order valence-electron chi connectivity index (χ1n) is 9.24. The molecule has 0 rings (SSSR count). The Balaban J connectivity index is 5.16. The molecule has 1 atom stereocenters. The van der Waals surface area contributed by atoms with Crippen molar-refractivity contribution in [3.05, 3.63) is 0 Å². The van der Waals surface area contributed by atoms with Gasteiger partial charge < -0.3 is 10.2 Å². The second-order valence-corrected chi connectivity index (χ2v) is 7.26. The first-order valence-corrected chi connectivity index (χ1v) is 9.24. The highest BCUT2D eigenvalue weighted by atomic mass is 16.4. The molecule has 0 fully saturated rings. The van der Waals surface area contributed by atoms with E-state index >= 15 is 0 Å². The van der Waals surface area contributed by atoms with Crippen LogP contribution in [0.2, 0.25) is 0 Å². The molecule has 0 aliphatic rings. The molecule has 4 nitrogen and oxygen atoms in total. The van der Waals surface area contributed by atoms with Crippen LogP contribution in [0.1, 0.15) is 98.3 Å². The van der Waals surface area contributed by atoms with Crippen molar-refractivity contribution in [2.24, 2.45) is 10.8 Å². The molecular formula is C19H36O4. The van der Waals surface area contributed by atoms with E-state index in [0.29, 0.717) is 32.1 Å². The maximum atomic E-state index is 12.0. The van der Waals surface area contributed by atoms with E-state index in [1.807, 2.05) is 6.92 Å². The van der Waals surface area contributed by atoms with Crippen molar-refractivity contribution in [2.75, 3.05) is 0 Å². The summed E-state index contributed by atoms with van der Waals surface area (Å²) < 4.78 is 0. The largest absolute Gasteiger partial charge is 0.481 e. The van der Waals surface area contributed by atoms with E-state index in [-0.39, 0.29) is 0 Å². The van der Waals surface area contributed by atoms with Gasteiger partial charge in [-0.15, -0.1) is 0 Å². The SMILES string of the molecule is CCCCC(C)(CCC(CCCC)(CCCC)C(=O)O)C(=O)O. The van der Waals surface area contributed by atoms with Gasteiger partial charge in [0.15, 0.2) is 0 Å². The molecule has 1 unspecified atom stereocenters. The van der Waals surface area contributed by atoms with E-state index < -0.39 is 22.8 Å². The molecule has 0 saturated heterocycles. The van der Waals surface area contributed by atoms with Crippen molar-refractivity contribution in [3.63, 3.8) is 0 Å². The first kappa shape index (κ1) is 21.9. The van der Waals surface area contributed by atoms with Crippen LogP contribution in [0.15, 0.2) is 0 Å². The average Bonchev–Trinajstić information content (AvgIpc) is 2.52. The van der Waals surface area contributed by atoms with Gasteiger partial charge in [-0.3, -0.25) is 9.59 Å². The standard InChI is InChI=1S/C19H36O4/c1-5-8-11-18(4,16(20)21)14-15-19(17(22)23,12-9-6-2)13-10-7-3/h5-15H2,1-4H3,(H,20,21)(H,22,23). The second kappa shape index (κ2) is 10.7. The van der Waals surface area contributed by atoms with Crippen LogP contribution in [0.5, 0.6) is 0 Å². The van der Waals surface area contributed by atoms with Crippen LogP contribution in [0, 0.1) is 10.8 Å². The van der Waals surface area contributed by atoms with E-state index in [1.54, 1.807) is 6.92 Å². The van der Waals surface area contributed by atoms with Crippen molar-refractivity contribution in [2.45, 2.75) is 98.3 Å². The molecule has 0 aliphatic carbocycles. The van der Waals surface area contributed by atoms with Crippen molar-refractivity contribution in [1.29, 1.82) is 0 Å². The number of aliphatic carboxylic acids is 2. The fraction of sp³-hybridized carbons (Fsp3) is 0.895. The highest BCUT2D eigenvalue weighted by molar-refractivity contribution is 5.76. The predicted molar refractivity (Wildman–Crippen MR) is 93.6 cm³/mol. The van der Waals surface area contributed by atoms with Crippen LogP contribution in [0.4, 0.5) is 0 Å². The van der Waals surface area contributed by atoms with Gasteiger partial charge in [0.1, 0.15) is 0 Å². The average molecular weight is 328 g/mol. The van der Waals surface area contributed by atoms with Crippen LogP contribution in [0.25, 0.3) is 0 Å². The van der Waals surface area contributed by atoms with Crippen molar-refractivity contribution >= 4 is 11.9 Å². The van der Waals surface area contributed by atoms with E-state index in [2.05, 4.69) is 13.8 Å². The van der Waals surface area contributed by atoms with Gasteiger partial charge in [-0.1, -0.05) is 59.3 Å². The van der Waals surface area contributed by atoms with Gasteiger partial charge in [-0.2, -0.15) is 0 Å². The Hall–Kier alpha value is -1.06. The van der Waals surface area contributed by atoms with Gasteiger partial charge in [0.2, 0.25) is 0 Å². The molecule has 23 heavy (non-hydrogen) atoms. The van der Waals surface area contributed by atoms with Gasteiger partial charge in [-0.25, -0.2) is 0 Å². The van der Waals surface area contributed by atoms with E-state index in [1.165, 1.54) is 0 Å². The quantitative estimate of drug-likeness (QED) is 0.441. The Morgan fingerprint density at radius 3 is 1.48 bits per heavy atom. The van der Waals surface area contributed by atoms with Gasteiger partial charge in [0.25, 0.3) is 0 Å². The van der Waals surface area contributed by atoms with E-state index in [9.17, 15) is 19.8 Å². The molecule has 0 spiro atoms. The van der Waals surface area contributed by atoms with Crippen LogP contribution in [-0.4, -0.2) is 22.2 Å². The number of carbonyl (C=O) groups is 2. The van der Waals surface area contributed by atoms with Crippen molar-refractivity contribution in [3.8, 4) is 0 Å². The lowest BCUT2D eigenvalue weighted by atomic mass is 9.69. The summed E-state index contributed by atoms with van der Waals surface area (Å²) in [6, 6.07) is 0. The predicted octanol–water partition coefficient (Wildman–Crippen LogP) is 5.50. The molecule has 0 bridgehead atoms. The summed E-state index contributed by atoms with van der Waals surface area (Å²) in [4.78, 5) is 23.7.